The molecule has 2 rings (SSSR count). The van der Waals surface area contributed by atoms with Gasteiger partial charge in [0.1, 0.15) is 0 Å². The van der Waals surface area contributed by atoms with Crippen molar-refractivity contribution < 1.29 is 31.5 Å². The Kier molecular flexibility index (Phi) is 5.46. The maximum atomic E-state index is 13.1. The lowest BCUT2D eigenvalue weighted by Crippen LogP contribution is -2.41. The molecule has 1 aromatic carbocycles. The Hall–Kier alpha value is -1.32. The van der Waals surface area contributed by atoms with Crippen LogP contribution in [0.3, 0.4) is 0 Å². The molecule has 1 aliphatic rings. The van der Waals surface area contributed by atoms with Crippen molar-refractivity contribution in [1.82, 2.24) is 4.31 Å². The summed E-state index contributed by atoms with van der Waals surface area (Å²) >= 11 is 5.68. The fraction of sp³-hybridized carbons (Fsp3) is 0.500. The number of benzene rings is 1. The minimum absolute atomic E-state index is 0.0439. The monoisotopic (exact) mass is 385 g/mol. The second-order valence-corrected chi connectivity index (χ2v) is 7.95. The van der Waals surface area contributed by atoms with E-state index < -0.39 is 38.5 Å². The number of rotatable bonds is 4. The number of piperidine rings is 1. The zero-order chi connectivity index (χ0) is 18.1. The molecule has 1 atom stereocenters. The van der Waals surface area contributed by atoms with Crippen molar-refractivity contribution >= 4 is 27.6 Å². The maximum Gasteiger partial charge on any atom is 0.417 e. The van der Waals surface area contributed by atoms with Gasteiger partial charge in [-0.25, -0.2) is 8.42 Å². The molecule has 0 radical (unpaired) electrons. The molecule has 5 nitrogen and oxygen atoms in total. The average Bonchev–Trinajstić information content (AvgIpc) is 2.45. The summed E-state index contributed by atoms with van der Waals surface area (Å²) in [6.07, 6.45) is -4.17. The van der Waals surface area contributed by atoms with Crippen LogP contribution < -0.4 is 0 Å². The molecular weight excluding hydrogens is 371 g/mol. The van der Waals surface area contributed by atoms with E-state index in [1.54, 1.807) is 0 Å². The fourth-order valence-electron chi connectivity index (χ4n) is 2.74. The fourth-order valence-corrected chi connectivity index (χ4v) is 4.77. The smallest absolute Gasteiger partial charge is 0.417 e. The highest BCUT2D eigenvalue weighted by atomic mass is 35.5. The van der Waals surface area contributed by atoms with E-state index in [2.05, 4.69) is 0 Å². The second-order valence-electron chi connectivity index (χ2n) is 5.61. The number of halogens is 4. The largest absolute Gasteiger partial charge is 0.481 e. The van der Waals surface area contributed by atoms with E-state index in [-0.39, 0.29) is 24.5 Å². The molecule has 0 aromatic heterocycles. The summed E-state index contributed by atoms with van der Waals surface area (Å²) in [5, 5.41) is 8.70. The summed E-state index contributed by atoms with van der Waals surface area (Å²) in [6, 6.07) is 2.39. The zero-order valence-corrected chi connectivity index (χ0v) is 14.0. The summed E-state index contributed by atoms with van der Waals surface area (Å²) in [4.78, 5) is 9.89. The second kappa shape index (κ2) is 6.89. The molecule has 134 valence electrons. The van der Waals surface area contributed by atoms with Crippen LogP contribution in [0.15, 0.2) is 23.1 Å². The van der Waals surface area contributed by atoms with Gasteiger partial charge in [-0.1, -0.05) is 11.6 Å². The highest BCUT2D eigenvalue weighted by Crippen LogP contribution is 2.37. The number of aliphatic carboxylic acids is 1. The Bertz CT molecular complexity index is 736. The first kappa shape index (κ1) is 19.0. The number of carbonyl (C=O) groups is 1. The Labute approximate surface area is 142 Å². The van der Waals surface area contributed by atoms with E-state index in [0.717, 1.165) is 16.4 Å². The Balaban J connectivity index is 2.40. The van der Waals surface area contributed by atoms with Gasteiger partial charge < -0.3 is 5.11 Å². The quantitative estimate of drug-likeness (QED) is 0.863. The van der Waals surface area contributed by atoms with Crippen molar-refractivity contribution in [3.05, 3.63) is 28.8 Å². The lowest BCUT2D eigenvalue weighted by Gasteiger charge is -2.31. The minimum atomic E-state index is -4.84. The molecule has 0 aliphatic carbocycles. The number of nitrogens with zero attached hydrogens (tertiary/aromatic N) is 1. The van der Waals surface area contributed by atoms with Gasteiger partial charge in [-0.2, -0.15) is 17.5 Å². The van der Waals surface area contributed by atoms with Gasteiger partial charge in [-0.05, 0) is 37.0 Å². The highest BCUT2D eigenvalue weighted by Gasteiger charge is 2.40. The normalized spacial score (nSPS) is 20.1. The van der Waals surface area contributed by atoms with Crippen LogP contribution in [0.2, 0.25) is 5.02 Å². The van der Waals surface area contributed by atoms with Crippen LogP contribution in [0.25, 0.3) is 0 Å². The molecule has 1 aromatic rings. The van der Waals surface area contributed by atoms with Crippen LogP contribution >= 0.6 is 11.6 Å². The summed E-state index contributed by atoms with van der Waals surface area (Å²) < 4.78 is 65.6. The Morgan fingerprint density at radius 1 is 1.38 bits per heavy atom. The third-order valence-electron chi connectivity index (χ3n) is 3.81. The molecule has 1 aliphatic heterocycles. The van der Waals surface area contributed by atoms with Crippen molar-refractivity contribution in [2.45, 2.75) is 30.3 Å². The standard InChI is InChI=1S/C14H15ClF3NO4S/c15-10-3-4-11(14(16,17)18)12(7-10)24(22,23)19-5-1-2-9(8-19)6-13(20)21/h3-4,7,9H,1-2,5-6,8H2,(H,20,21). The van der Waals surface area contributed by atoms with E-state index in [0.29, 0.717) is 18.9 Å². The van der Waals surface area contributed by atoms with Gasteiger partial charge >= 0.3 is 12.1 Å². The first-order valence-electron chi connectivity index (χ1n) is 7.10. The third kappa shape index (κ3) is 4.20. The minimum Gasteiger partial charge on any atom is -0.481 e. The van der Waals surface area contributed by atoms with E-state index in [9.17, 15) is 26.4 Å². The van der Waals surface area contributed by atoms with Gasteiger partial charge in [-0.15, -0.1) is 0 Å². The van der Waals surface area contributed by atoms with Gasteiger partial charge in [0, 0.05) is 24.5 Å². The lowest BCUT2D eigenvalue weighted by atomic mass is 9.96. The third-order valence-corrected chi connectivity index (χ3v) is 5.95. The SMILES string of the molecule is O=C(O)CC1CCCN(S(=O)(=O)c2cc(Cl)ccc2C(F)(F)F)C1. The summed E-state index contributed by atoms with van der Waals surface area (Å²) in [5.74, 6) is -1.50. The summed E-state index contributed by atoms with van der Waals surface area (Å²) in [5.41, 5.74) is -1.28. The van der Waals surface area contributed by atoms with Crippen LogP contribution in [0, 0.1) is 5.92 Å². The number of hydrogen-bond acceptors (Lipinski definition) is 3. The topological polar surface area (TPSA) is 74.7 Å². The molecule has 0 saturated carbocycles. The predicted molar refractivity (Wildman–Crippen MR) is 80.2 cm³/mol. The Morgan fingerprint density at radius 2 is 2.04 bits per heavy atom. The predicted octanol–water partition coefficient (Wildman–Crippen LogP) is 3.23. The molecular formula is C14H15ClF3NO4S. The number of alkyl halides is 3. The maximum absolute atomic E-state index is 13.1. The van der Waals surface area contributed by atoms with Gasteiger partial charge in [0.2, 0.25) is 10.0 Å². The molecule has 1 saturated heterocycles. The molecule has 1 unspecified atom stereocenters. The van der Waals surface area contributed by atoms with E-state index >= 15 is 0 Å². The molecule has 10 heteroatoms. The van der Waals surface area contributed by atoms with Crippen LogP contribution in [0.1, 0.15) is 24.8 Å². The molecule has 24 heavy (non-hydrogen) atoms. The average molecular weight is 386 g/mol. The van der Waals surface area contributed by atoms with Gasteiger partial charge in [0.15, 0.2) is 0 Å². The lowest BCUT2D eigenvalue weighted by molar-refractivity contribution is -0.140. The molecule has 0 amide bonds. The first-order chi connectivity index (χ1) is 11.0. The number of carboxylic acids is 1. The molecule has 1 heterocycles. The van der Waals surface area contributed by atoms with Gasteiger partial charge in [0.05, 0.1) is 10.5 Å². The molecule has 0 bridgehead atoms. The highest BCUT2D eigenvalue weighted by molar-refractivity contribution is 7.89. The number of carboxylic acid groups (broad SMARTS) is 1. The van der Waals surface area contributed by atoms with Crippen LogP contribution in [0.4, 0.5) is 13.2 Å². The van der Waals surface area contributed by atoms with Crippen LogP contribution in [-0.4, -0.2) is 36.9 Å². The van der Waals surface area contributed by atoms with Gasteiger partial charge in [-0.3, -0.25) is 4.79 Å². The first-order valence-corrected chi connectivity index (χ1v) is 8.92. The molecule has 1 fully saturated rings. The summed E-state index contributed by atoms with van der Waals surface area (Å²) in [6.45, 7) is -0.0826. The Morgan fingerprint density at radius 3 is 2.62 bits per heavy atom. The van der Waals surface area contributed by atoms with Crippen LogP contribution in [0.5, 0.6) is 0 Å². The van der Waals surface area contributed by atoms with Gasteiger partial charge in [0.25, 0.3) is 0 Å². The van der Waals surface area contributed by atoms with E-state index in [1.165, 1.54) is 0 Å². The van der Waals surface area contributed by atoms with Crippen molar-refractivity contribution in [3.63, 3.8) is 0 Å². The van der Waals surface area contributed by atoms with Crippen LogP contribution in [-0.2, 0) is 21.0 Å². The van der Waals surface area contributed by atoms with E-state index in [4.69, 9.17) is 16.7 Å². The van der Waals surface area contributed by atoms with E-state index in [1.807, 2.05) is 0 Å². The molecule has 1 N–H and O–H groups in total. The zero-order valence-electron chi connectivity index (χ0n) is 12.4. The van der Waals surface area contributed by atoms with Crippen molar-refractivity contribution in [3.8, 4) is 0 Å². The van der Waals surface area contributed by atoms with Crippen molar-refractivity contribution in [2.24, 2.45) is 5.92 Å². The van der Waals surface area contributed by atoms with Crippen molar-refractivity contribution in [1.29, 1.82) is 0 Å². The molecule has 0 spiro atoms. The number of sulfonamides is 1. The summed E-state index contributed by atoms with van der Waals surface area (Å²) in [7, 11) is -4.43. The number of hydrogen-bond donors (Lipinski definition) is 1. The van der Waals surface area contributed by atoms with Crippen molar-refractivity contribution in [2.75, 3.05) is 13.1 Å².